The van der Waals surface area contributed by atoms with Gasteiger partial charge in [0.1, 0.15) is 0 Å². The van der Waals surface area contributed by atoms with Gasteiger partial charge in [0.15, 0.2) is 0 Å². The molecule has 0 saturated carbocycles. The Labute approximate surface area is 322 Å². The van der Waals surface area contributed by atoms with Crippen LogP contribution in [-0.4, -0.2) is 27.6 Å². The first-order chi connectivity index (χ1) is 24.7. The van der Waals surface area contributed by atoms with Crippen LogP contribution in [0.4, 0.5) is 0 Å². The van der Waals surface area contributed by atoms with Crippen molar-refractivity contribution in [1.29, 1.82) is 0 Å². The standard InChI is InChI=1S/C28H22N3O.C17H22NSi.Ir/c1-16-14-17(2)25(18(3)15-16)31-24-11-6-5-10-23(24)30-27(31)22-9-7-8-20-21-13-12-19(4)29-28(21)32-26(20)22;1-13(2)15-11-16(14-9-7-6-8-10-14)18-12-17(15)19(3,4)5;/h5-8,10-15H,1-4H3;6-9,11-13H,1-5H3;/q2*-1;/i;13D;. The molecule has 0 N–H and O–H groups in total. The molecule has 0 bridgehead atoms. The first-order valence-corrected chi connectivity index (χ1v) is 21.0. The average molecular weight is 878 g/mol. The summed E-state index contributed by atoms with van der Waals surface area (Å²) in [6.45, 7) is 19.2. The molecule has 0 aliphatic heterocycles. The molecular formula is C45H44IrN4OSi-2. The van der Waals surface area contributed by atoms with E-state index in [2.05, 4.69) is 110 Å². The van der Waals surface area contributed by atoms with Gasteiger partial charge in [0.05, 0.1) is 30.5 Å². The van der Waals surface area contributed by atoms with Crippen LogP contribution in [-0.2, 0) is 20.1 Å². The maximum atomic E-state index is 8.44. The molecule has 0 fully saturated rings. The van der Waals surface area contributed by atoms with E-state index < -0.39 is 14.0 Å². The van der Waals surface area contributed by atoms with Gasteiger partial charge in [-0.05, 0) is 79.9 Å². The summed E-state index contributed by atoms with van der Waals surface area (Å²) in [5, 5.41) is 3.31. The van der Waals surface area contributed by atoms with E-state index in [0.717, 1.165) is 67.0 Å². The minimum Gasteiger partial charge on any atom is -0.486 e. The third-order valence-corrected chi connectivity index (χ3v) is 11.3. The van der Waals surface area contributed by atoms with Crippen LogP contribution < -0.4 is 5.19 Å². The number of aryl methyl sites for hydroxylation is 4. The molecule has 4 aromatic carbocycles. The third kappa shape index (κ3) is 7.05. The van der Waals surface area contributed by atoms with E-state index in [1.807, 2.05) is 75.5 Å². The summed E-state index contributed by atoms with van der Waals surface area (Å²) in [6.07, 6.45) is 1.98. The molecular weight excluding hydrogens is 833 g/mol. The summed E-state index contributed by atoms with van der Waals surface area (Å²) in [4.78, 5) is 14.3. The molecule has 0 aliphatic carbocycles. The van der Waals surface area contributed by atoms with Crippen molar-refractivity contribution in [2.24, 2.45) is 0 Å². The molecule has 0 atom stereocenters. The Morgan fingerprint density at radius 3 is 2.23 bits per heavy atom. The largest absolute Gasteiger partial charge is 0.486 e. The van der Waals surface area contributed by atoms with Gasteiger partial charge in [-0.25, -0.2) is 4.98 Å². The number of hydrogen-bond acceptors (Lipinski definition) is 4. The Hall–Kier alpha value is -4.68. The number of hydrogen-bond donors (Lipinski definition) is 0. The van der Waals surface area contributed by atoms with Gasteiger partial charge >= 0.3 is 0 Å². The van der Waals surface area contributed by atoms with Gasteiger partial charge in [-0.15, -0.1) is 54.1 Å². The summed E-state index contributed by atoms with van der Waals surface area (Å²) in [5.74, 6) is 0.213. The van der Waals surface area contributed by atoms with Crippen molar-refractivity contribution < 1.29 is 25.9 Å². The maximum Gasteiger partial charge on any atom is 0.216 e. The normalized spacial score (nSPS) is 12.1. The summed E-state index contributed by atoms with van der Waals surface area (Å²) in [7, 11) is -1.50. The minimum atomic E-state index is -1.50. The van der Waals surface area contributed by atoms with Gasteiger partial charge in [0.25, 0.3) is 0 Å². The van der Waals surface area contributed by atoms with Crippen LogP contribution in [0.1, 0.15) is 49.1 Å². The molecule has 0 unspecified atom stereocenters. The Morgan fingerprint density at radius 1 is 0.808 bits per heavy atom. The van der Waals surface area contributed by atoms with Crippen LogP contribution >= 0.6 is 0 Å². The molecule has 265 valence electrons. The van der Waals surface area contributed by atoms with Crippen molar-refractivity contribution in [3.8, 4) is 28.3 Å². The van der Waals surface area contributed by atoms with Gasteiger partial charge in [-0.3, -0.25) is 4.98 Å². The second-order valence-corrected chi connectivity index (χ2v) is 19.7. The number of pyridine rings is 2. The van der Waals surface area contributed by atoms with Crippen LogP contribution in [0.2, 0.25) is 19.6 Å². The van der Waals surface area contributed by atoms with E-state index in [9.17, 15) is 0 Å². The average Bonchev–Trinajstić information content (AvgIpc) is 3.66. The number of furan rings is 1. The fraction of sp³-hybridized carbons (Fsp3) is 0.222. The second kappa shape index (κ2) is 14.7. The Balaban J connectivity index is 0.000000199. The van der Waals surface area contributed by atoms with Gasteiger partial charge < -0.3 is 14.0 Å². The molecule has 4 heterocycles. The zero-order chi connectivity index (χ0) is 36.9. The topological polar surface area (TPSA) is 56.7 Å². The molecule has 8 aromatic rings. The Morgan fingerprint density at radius 2 is 1.54 bits per heavy atom. The number of nitrogens with zero attached hydrogens (tertiary/aromatic N) is 4. The van der Waals surface area contributed by atoms with Crippen LogP contribution in [0, 0.1) is 39.8 Å². The van der Waals surface area contributed by atoms with Crippen LogP contribution in [0.3, 0.4) is 0 Å². The minimum absolute atomic E-state index is 0. The number of rotatable bonds is 5. The zero-order valence-corrected chi connectivity index (χ0v) is 34.7. The molecule has 1 radical (unpaired) electrons. The number of para-hydroxylation sites is 2. The number of aromatic nitrogens is 4. The zero-order valence-electron chi connectivity index (χ0n) is 32.3. The Bertz CT molecular complexity index is 2570. The van der Waals surface area contributed by atoms with Crippen LogP contribution in [0.25, 0.3) is 61.4 Å². The SMILES string of the molecule is Cc1cc(C)c(-n2c(-c3[c-]ccc4c3oc3nc(C)ccc34)nc3ccccc32)c(C)c1.[2H]C(C)(C)c1cc(-c2[c-]cccc2)ncc1[Si](C)(C)C.[Ir]. The van der Waals surface area contributed by atoms with E-state index in [0.29, 0.717) is 5.71 Å². The van der Waals surface area contributed by atoms with Gasteiger partial charge in [-0.2, -0.15) is 0 Å². The first kappa shape index (κ1) is 35.7. The van der Waals surface area contributed by atoms with Crippen molar-refractivity contribution in [3.63, 3.8) is 0 Å². The predicted octanol–water partition coefficient (Wildman–Crippen LogP) is 11.2. The summed E-state index contributed by atoms with van der Waals surface area (Å²) >= 11 is 0. The molecule has 7 heteroatoms. The molecule has 52 heavy (non-hydrogen) atoms. The summed E-state index contributed by atoms with van der Waals surface area (Å²) in [5.41, 5.74) is 13.0. The number of imidazole rings is 1. The molecule has 8 rings (SSSR count). The summed E-state index contributed by atoms with van der Waals surface area (Å²) < 4.78 is 17.0. The molecule has 0 spiro atoms. The van der Waals surface area contributed by atoms with Gasteiger partial charge in [0, 0.05) is 44.4 Å². The number of fused-ring (bicyclic) bond motifs is 4. The summed E-state index contributed by atoms with van der Waals surface area (Å²) in [6, 6.07) is 37.3. The monoisotopic (exact) mass is 878 g/mol. The molecule has 0 aliphatic rings. The molecule has 0 amide bonds. The fourth-order valence-corrected chi connectivity index (χ4v) is 8.57. The smallest absolute Gasteiger partial charge is 0.216 e. The van der Waals surface area contributed by atoms with E-state index in [-0.39, 0.29) is 20.1 Å². The molecule has 5 nitrogen and oxygen atoms in total. The molecule has 0 saturated heterocycles. The third-order valence-electron chi connectivity index (χ3n) is 9.32. The van der Waals surface area contributed by atoms with Gasteiger partial charge in [0.2, 0.25) is 5.71 Å². The van der Waals surface area contributed by atoms with Crippen molar-refractivity contribution in [2.75, 3.05) is 0 Å². The molecule has 4 aromatic heterocycles. The first-order valence-electron chi connectivity index (χ1n) is 18.0. The predicted molar refractivity (Wildman–Crippen MR) is 215 cm³/mol. The maximum absolute atomic E-state index is 8.44. The Kier molecular flexibility index (Phi) is 10.1. The van der Waals surface area contributed by atoms with Crippen LogP contribution in [0.15, 0.2) is 102 Å². The second-order valence-electron chi connectivity index (χ2n) is 14.7. The van der Waals surface area contributed by atoms with Crippen molar-refractivity contribution in [3.05, 3.63) is 137 Å². The number of benzene rings is 4. The van der Waals surface area contributed by atoms with Gasteiger partial charge in [-0.1, -0.05) is 85.9 Å². The van der Waals surface area contributed by atoms with E-state index in [4.69, 9.17) is 10.8 Å². The van der Waals surface area contributed by atoms with E-state index >= 15 is 0 Å². The van der Waals surface area contributed by atoms with Crippen LogP contribution in [0.5, 0.6) is 0 Å². The van der Waals surface area contributed by atoms with Crippen molar-refractivity contribution in [1.82, 2.24) is 19.5 Å². The van der Waals surface area contributed by atoms with E-state index in [1.165, 1.54) is 21.9 Å². The van der Waals surface area contributed by atoms with E-state index in [1.54, 1.807) is 0 Å². The fourth-order valence-electron chi connectivity index (χ4n) is 6.99. The quantitative estimate of drug-likeness (QED) is 0.128. The van der Waals surface area contributed by atoms with Crippen molar-refractivity contribution in [2.45, 2.75) is 67.1 Å². The van der Waals surface area contributed by atoms with Crippen molar-refractivity contribution >= 4 is 46.4 Å².